The zero-order valence-corrected chi connectivity index (χ0v) is 10.7. The van der Waals surface area contributed by atoms with Crippen LogP contribution in [0, 0.1) is 17.5 Å². The lowest BCUT2D eigenvalue weighted by Crippen LogP contribution is -2.55. The predicted octanol–water partition coefficient (Wildman–Crippen LogP) is 1.58. The fraction of sp³-hybridized carbons (Fsp3) is 0.400. The molecule has 0 aliphatic carbocycles. The van der Waals surface area contributed by atoms with E-state index in [4.69, 9.17) is 13.3 Å². The first-order chi connectivity index (χ1) is 8.00. The van der Waals surface area contributed by atoms with Gasteiger partial charge < -0.3 is 13.3 Å². The van der Waals surface area contributed by atoms with Crippen LogP contribution in [-0.2, 0) is 13.3 Å². The van der Waals surface area contributed by atoms with Crippen molar-refractivity contribution in [3.63, 3.8) is 0 Å². The molecule has 0 N–H and O–H groups in total. The van der Waals surface area contributed by atoms with E-state index in [2.05, 4.69) is 0 Å². The SMILES string of the molecule is CCO[Si](OC)(OC)c1cc(F)c(F)c(F)c1. The van der Waals surface area contributed by atoms with Gasteiger partial charge in [0.2, 0.25) is 0 Å². The largest absolute Gasteiger partial charge is 0.536 e. The highest BCUT2D eigenvalue weighted by molar-refractivity contribution is 6.75. The highest BCUT2D eigenvalue weighted by Crippen LogP contribution is 2.14. The molecule has 3 nitrogen and oxygen atoms in total. The van der Waals surface area contributed by atoms with Gasteiger partial charge in [0.25, 0.3) is 0 Å². The lowest BCUT2D eigenvalue weighted by Gasteiger charge is -2.26. The van der Waals surface area contributed by atoms with Gasteiger partial charge in [-0.15, -0.1) is 0 Å². The van der Waals surface area contributed by atoms with Gasteiger partial charge in [0, 0.05) is 26.0 Å². The van der Waals surface area contributed by atoms with Crippen molar-refractivity contribution in [3.8, 4) is 0 Å². The van der Waals surface area contributed by atoms with Crippen LogP contribution in [0.5, 0.6) is 0 Å². The molecule has 0 unspecified atom stereocenters. The Morgan fingerprint density at radius 1 is 1.06 bits per heavy atom. The first-order valence-corrected chi connectivity index (χ1v) is 6.62. The minimum atomic E-state index is -3.35. The van der Waals surface area contributed by atoms with E-state index in [0.29, 0.717) is 0 Å². The minimum absolute atomic E-state index is 0.0424. The molecule has 0 spiro atoms. The summed E-state index contributed by atoms with van der Waals surface area (Å²) in [7, 11) is -0.732. The second-order valence-electron chi connectivity index (χ2n) is 3.15. The Morgan fingerprint density at radius 2 is 1.53 bits per heavy atom. The van der Waals surface area contributed by atoms with E-state index >= 15 is 0 Å². The number of benzene rings is 1. The molecule has 0 atom stereocenters. The summed E-state index contributed by atoms with van der Waals surface area (Å²) in [5.41, 5.74) is 0. The molecular weight excluding hydrogens is 253 g/mol. The van der Waals surface area contributed by atoms with Crippen molar-refractivity contribution in [3.05, 3.63) is 29.6 Å². The van der Waals surface area contributed by atoms with Gasteiger partial charge in [0.15, 0.2) is 17.5 Å². The van der Waals surface area contributed by atoms with Gasteiger partial charge >= 0.3 is 8.80 Å². The summed E-state index contributed by atoms with van der Waals surface area (Å²) in [5, 5.41) is 0.0424. The molecular formula is C10H13F3O3Si. The number of halogens is 3. The fourth-order valence-electron chi connectivity index (χ4n) is 1.44. The van der Waals surface area contributed by atoms with Crippen molar-refractivity contribution in [2.45, 2.75) is 6.92 Å². The number of rotatable bonds is 5. The molecule has 0 aromatic heterocycles. The summed E-state index contributed by atoms with van der Waals surface area (Å²) in [5.74, 6) is -4.13. The highest BCUT2D eigenvalue weighted by Gasteiger charge is 2.42. The van der Waals surface area contributed by atoms with Crippen molar-refractivity contribution < 1.29 is 26.4 Å². The minimum Gasteiger partial charge on any atom is -0.373 e. The second-order valence-corrected chi connectivity index (χ2v) is 5.95. The third kappa shape index (κ3) is 2.68. The zero-order chi connectivity index (χ0) is 13.1. The van der Waals surface area contributed by atoms with Crippen LogP contribution in [0.4, 0.5) is 13.2 Å². The van der Waals surface area contributed by atoms with Gasteiger partial charge in [0.1, 0.15) is 0 Å². The van der Waals surface area contributed by atoms with E-state index in [1.807, 2.05) is 0 Å². The molecule has 96 valence electrons. The summed E-state index contributed by atoms with van der Waals surface area (Å²) in [6, 6.07) is 1.65. The van der Waals surface area contributed by atoms with Gasteiger partial charge in [0.05, 0.1) is 0 Å². The van der Waals surface area contributed by atoms with E-state index in [0.717, 1.165) is 12.1 Å². The standard InChI is InChI=1S/C10H13F3O3Si/c1-4-16-17(14-2,15-3)7-5-8(11)10(13)9(12)6-7/h5-6H,4H2,1-3H3. The van der Waals surface area contributed by atoms with Gasteiger partial charge in [-0.1, -0.05) is 0 Å². The zero-order valence-electron chi connectivity index (χ0n) is 9.72. The Balaban J connectivity index is 3.28. The maximum Gasteiger partial charge on any atom is 0.536 e. The van der Waals surface area contributed by atoms with E-state index in [1.54, 1.807) is 6.92 Å². The summed E-state index contributed by atoms with van der Waals surface area (Å²) in [6.07, 6.45) is 0. The van der Waals surface area contributed by atoms with Crippen LogP contribution >= 0.6 is 0 Å². The molecule has 1 aromatic carbocycles. The lowest BCUT2D eigenvalue weighted by atomic mass is 10.3. The Bertz CT molecular complexity index is 373. The molecule has 0 aliphatic rings. The van der Waals surface area contributed by atoms with E-state index in [-0.39, 0.29) is 11.8 Å². The Morgan fingerprint density at radius 3 is 1.88 bits per heavy atom. The van der Waals surface area contributed by atoms with Crippen molar-refractivity contribution in [1.29, 1.82) is 0 Å². The third-order valence-electron chi connectivity index (χ3n) is 2.21. The summed E-state index contributed by atoms with van der Waals surface area (Å²) >= 11 is 0. The maximum atomic E-state index is 13.1. The van der Waals surface area contributed by atoms with Crippen LogP contribution in [0.15, 0.2) is 12.1 Å². The molecule has 0 aliphatic heterocycles. The summed E-state index contributed by atoms with van der Waals surface area (Å²) in [4.78, 5) is 0. The maximum absolute atomic E-state index is 13.1. The molecule has 7 heteroatoms. The normalized spacial score (nSPS) is 11.9. The second kappa shape index (κ2) is 5.63. The van der Waals surface area contributed by atoms with Gasteiger partial charge in [-0.2, -0.15) is 0 Å². The van der Waals surface area contributed by atoms with Crippen LogP contribution in [-0.4, -0.2) is 29.6 Å². The van der Waals surface area contributed by atoms with Crippen molar-refractivity contribution in [2.75, 3.05) is 20.8 Å². The van der Waals surface area contributed by atoms with Crippen LogP contribution in [0.3, 0.4) is 0 Å². The molecule has 0 saturated carbocycles. The lowest BCUT2D eigenvalue weighted by molar-refractivity contribution is 0.119. The van der Waals surface area contributed by atoms with E-state index in [9.17, 15) is 13.2 Å². The Kier molecular flexibility index (Phi) is 4.69. The molecule has 0 bridgehead atoms. The van der Waals surface area contributed by atoms with E-state index < -0.39 is 26.3 Å². The first kappa shape index (κ1) is 14.2. The monoisotopic (exact) mass is 266 g/mol. The van der Waals surface area contributed by atoms with Crippen molar-refractivity contribution >= 4 is 14.0 Å². The first-order valence-electron chi connectivity index (χ1n) is 4.90. The fourth-order valence-corrected chi connectivity index (χ4v) is 3.47. The molecule has 1 aromatic rings. The van der Waals surface area contributed by atoms with E-state index in [1.165, 1.54) is 14.2 Å². The van der Waals surface area contributed by atoms with Gasteiger partial charge in [-0.3, -0.25) is 0 Å². The predicted molar refractivity (Wildman–Crippen MR) is 57.3 cm³/mol. The number of hydrogen-bond donors (Lipinski definition) is 0. The average molecular weight is 266 g/mol. The quantitative estimate of drug-likeness (QED) is 0.598. The molecule has 0 heterocycles. The van der Waals surface area contributed by atoms with Gasteiger partial charge in [-0.05, 0) is 19.1 Å². The average Bonchev–Trinajstić information content (AvgIpc) is 2.32. The van der Waals surface area contributed by atoms with Crippen LogP contribution in [0.1, 0.15) is 6.92 Å². The highest BCUT2D eigenvalue weighted by atomic mass is 28.4. The van der Waals surface area contributed by atoms with Crippen molar-refractivity contribution in [2.24, 2.45) is 0 Å². The summed E-state index contributed by atoms with van der Waals surface area (Å²) in [6.45, 7) is 1.94. The van der Waals surface area contributed by atoms with Gasteiger partial charge in [-0.25, -0.2) is 13.2 Å². The van der Waals surface area contributed by atoms with Crippen LogP contribution in [0.25, 0.3) is 0 Å². The molecule has 17 heavy (non-hydrogen) atoms. The molecule has 1 rings (SSSR count). The van der Waals surface area contributed by atoms with Crippen molar-refractivity contribution in [1.82, 2.24) is 0 Å². The molecule has 0 fully saturated rings. The van der Waals surface area contributed by atoms with Crippen LogP contribution < -0.4 is 5.19 Å². The summed E-state index contributed by atoms with van der Waals surface area (Å²) < 4.78 is 54.6. The third-order valence-corrected chi connectivity index (χ3v) is 4.95. The molecule has 0 radical (unpaired) electrons. The number of hydrogen-bond acceptors (Lipinski definition) is 3. The molecule has 0 amide bonds. The topological polar surface area (TPSA) is 27.7 Å². The Labute approximate surface area is 98.5 Å². The smallest absolute Gasteiger partial charge is 0.373 e. The molecule has 0 saturated heterocycles. The Hall–Kier alpha value is -0.893. The van der Waals surface area contributed by atoms with Crippen LogP contribution in [0.2, 0.25) is 0 Å².